The van der Waals surface area contributed by atoms with Crippen LogP contribution in [0.15, 0.2) is 24.3 Å². The number of carbonyl (C=O) groups excluding carboxylic acids is 1. The van der Waals surface area contributed by atoms with Crippen LogP contribution >= 0.6 is 0 Å². The molecule has 1 aliphatic heterocycles. The van der Waals surface area contributed by atoms with E-state index in [0.29, 0.717) is 0 Å². The molecule has 1 heterocycles. The van der Waals surface area contributed by atoms with Crippen molar-refractivity contribution in [1.82, 2.24) is 0 Å². The Kier molecular flexibility index (Phi) is 3.61. The van der Waals surface area contributed by atoms with Crippen molar-refractivity contribution in [1.29, 1.82) is 5.26 Å². The zero-order valence-corrected chi connectivity index (χ0v) is 11.8. The molecule has 0 amide bonds. The highest BCUT2D eigenvalue weighted by atomic mass is 16.1. The molecule has 0 spiro atoms. The number of Topliss-reactive ketones (excluding diaryl/α,β-unsaturated/α-hetero) is 1. The summed E-state index contributed by atoms with van der Waals surface area (Å²) in [5, 5.41) is 9.29. The lowest BCUT2D eigenvalue weighted by atomic mass is 9.74. The number of rotatable bonds is 2. The number of anilines is 1. The third-order valence-corrected chi connectivity index (χ3v) is 4.17. The first-order chi connectivity index (χ1) is 8.94. The zero-order chi connectivity index (χ0) is 14.0. The van der Waals surface area contributed by atoms with Gasteiger partial charge in [0, 0.05) is 24.3 Å². The van der Waals surface area contributed by atoms with Crippen molar-refractivity contribution in [3.8, 4) is 6.07 Å². The summed E-state index contributed by atoms with van der Waals surface area (Å²) in [4.78, 5) is 13.5. The van der Waals surface area contributed by atoms with Gasteiger partial charge in [-0.2, -0.15) is 5.26 Å². The van der Waals surface area contributed by atoms with Crippen LogP contribution in [0.1, 0.15) is 37.6 Å². The average molecular weight is 256 g/mol. The van der Waals surface area contributed by atoms with E-state index in [9.17, 15) is 10.1 Å². The van der Waals surface area contributed by atoms with Crippen LogP contribution in [-0.2, 0) is 0 Å². The molecule has 100 valence electrons. The lowest BCUT2D eigenvalue weighted by Gasteiger charge is -2.41. The molecule has 19 heavy (non-hydrogen) atoms. The topological polar surface area (TPSA) is 44.1 Å². The third kappa shape index (κ3) is 2.78. The molecule has 1 saturated heterocycles. The highest BCUT2D eigenvalue weighted by Crippen LogP contribution is 2.36. The van der Waals surface area contributed by atoms with Gasteiger partial charge in [-0.3, -0.25) is 4.79 Å². The van der Waals surface area contributed by atoms with Crippen LogP contribution in [0.5, 0.6) is 0 Å². The molecule has 1 atom stereocenters. The predicted molar refractivity (Wildman–Crippen MR) is 76.2 cm³/mol. The van der Waals surface area contributed by atoms with Crippen molar-refractivity contribution in [2.45, 2.75) is 27.2 Å². The Hall–Kier alpha value is -1.82. The van der Waals surface area contributed by atoms with Gasteiger partial charge in [-0.1, -0.05) is 13.8 Å². The van der Waals surface area contributed by atoms with Crippen LogP contribution in [-0.4, -0.2) is 18.9 Å². The SMILES string of the molecule is CC(=O)c1ccc(N2CCC(C)(C)C(C#N)C2)cc1. The summed E-state index contributed by atoms with van der Waals surface area (Å²) >= 11 is 0. The average Bonchev–Trinajstić information content (AvgIpc) is 2.38. The molecule has 3 nitrogen and oxygen atoms in total. The Morgan fingerprint density at radius 1 is 1.37 bits per heavy atom. The van der Waals surface area contributed by atoms with Crippen molar-refractivity contribution in [3.63, 3.8) is 0 Å². The lowest BCUT2D eigenvalue weighted by Crippen LogP contribution is -2.44. The lowest BCUT2D eigenvalue weighted by molar-refractivity contribution is 0.101. The van der Waals surface area contributed by atoms with Crippen LogP contribution in [0.2, 0.25) is 0 Å². The van der Waals surface area contributed by atoms with E-state index in [-0.39, 0.29) is 17.1 Å². The third-order valence-electron chi connectivity index (χ3n) is 4.17. The molecule has 0 radical (unpaired) electrons. The van der Waals surface area contributed by atoms with Gasteiger partial charge >= 0.3 is 0 Å². The minimum absolute atomic E-state index is 0.0498. The molecular weight excluding hydrogens is 236 g/mol. The second-order valence-electron chi connectivity index (χ2n) is 5.97. The van der Waals surface area contributed by atoms with Crippen molar-refractivity contribution in [2.75, 3.05) is 18.0 Å². The molecule has 0 aromatic heterocycles. The highest BCUT2D eigenvalue weighted by Gasteiger charge is 2.35. The maximum atomic E-state index is 11.3. The van der Waals surface area contributed by atoms with E-state index in [1.165, 1.54) is 0 Å². The van der Waals surface area contributed by atoms with Crippen LogP contribution in [0, 0.1) is 22.7 Å². The van der Waals surface area contributed by atoms with E-state index < -0.39 is 0 Å². The standard InChI is InChI=1S/C16H20N2O/c1-12(19)13-4-6-15(7-5-13)18-9-8-16(2,3)14(10-17)11-18/h4-7,14H,8-9,11H2,1-3H3. The van der Waals surface area contributed by atoms with Crippen molar-refractivity contribution in [3.05, 3.63) is 29.8 Å². The van der Waals surface area contributed by atoms with Gasteiger partial charge in [-0.05, 0) is 43.0 Å². The van der Waals surface area contributed by atoms with Gasteiger partial charge in [0.2, 0.25) is 0 Å². The number of ketones is 1. The number of nitriles is 1. The summed E-state index contributed by atoms with van der Waals surface area (Å²) < 4.78 is 0. The minimum Gasteiger partial charge on any atom is -0.370 e. The molecule has 1 fully saturated rings. The van der Waals surface area contributed by atoms with Crippen LogP contribution in [0.25, 0.3) is 0 Å². The highest BCUT2D eigenvalue weighted by molar-refractivity contribution is 5.94. The molecule has 1 aromatic rings. The summed E-state index contributed by atoms with van der Waals surface area (Å²) in [6.07, 6.45) is 1.01. The first kappa shape index (κ1) is 13.6. The Balaban J connectivity index is 2.15. The summed E-state index contributed by atoms with van der Waals surface area (Å²) in [6, 6.07) is 10.1. The van der Waals surface area contributed by atoms with Crippen LogP contribution in [0.3, 0.4) is 0 Å². The maximum Gasteiger partial charge on any atom is 0.159 e. The first-order valence-corrected chi connectivity index (χ1v) is 6.69. The van der Waals surface area contributed by atoms with Crippen molar-refractivity contribution >= 4 is 11.5 Å². The van der Waals surface area contributed by atoms with Crippen LogP contribution in [0.4, 0.5) is 5.69 Å². The molecule has 0 aliphatic carbocycles. The molecular formula is C16H20N2O. The zero-order valence-electron chi connectivity index (χ0n) is 11.8. The van der Waals surface area contributed by atoms with Gasteiger partial charge in [0.05, 0.1) is 12.0 Å². The van der Waals surface area contributed by atoms with Gasteiger partial charge < -0.3 is 4.90 Å². The van der Waals surface area contributed by atoms with Crippen LogP contribution < -0.4 is 4.90 Å². The van der Waals surface area contributed by atoms with E-state index >= 15 is 0 Å². The molecule has 3 heteroatoms. The van der Waals surface area contributed by atoms with E-state index in [1.807, 2.05) is 24.3 Å². The largest absolute Gasteiger partial charge is 0.370 e. The second-order valence-corrected chi connectivity index (χ2v) is 5.97. The summed E-state index contributed by atoms with van der Waals surface area (Å²) in [5.74, 6) is 0.134. The number of hydrogen-bond acceptors (Lipinski definition) is 3. The number of carbonyl (C=O) groups is 1. The van der Waals surface area contributed by atoms with Crippen molar-refractivity contribution < 1.29 is 4.79 Å². The van der Waals surface area contributed by atoms with E-state index in [1.54, 1.807) is 6.92 Å². The summed E-state index contributed by atoms with van der Waals surface area (Å²) in [7, 11) is 0. The Morgan fingerprint density at radius 2 is 2.00 bits per heavy atom. The quantitative estimate of drug-likeness (QED) is 0.763. The van der Waals surface area contributed by atoms with Gasteiger partial charge in [-0.15, -0.1) is 0 Å². The fourth-order valence-corrected chi connectivity index (χ4v) is 2.51. The molecule has 1 aromatic carbocycles. The molecule has 0 saturated carbocycles. The fraction of sp³-hybridized carbons (Fsp3) is 0.500. The number of benzene rings is 1. The van der Waals surface area contributed by atoms with E-state index in [2.05, 4.69) is 24.8 Å². The second kappa shape index (κ2) is 5.05. The van der Waals surface area contributed by atoms with E-state index in [4.69, 9.17) is 0 Å². The first-order valence-electron chi connectivity index (χ1n) is 6.69. The minimum atomic E-state index is 0.0498. The van der Waals surface area contributed by atoms with Gasteiger partial charge in [0.1, 0.15) is 0 Å². The summed E-state index contributed by atoms with van der Waals surface area (Å²) in [5.41, 5.74) is 1.92. The monoisotopic (exact) mass is 256 g/mol. The molecule has 2 rings (SSSR count). The van der Waals surface area contributed by atoms with Crippen molar-refractivity contribution in [2.24, 2.45) is 11.3 Å². The Bertz CT molecular complexity index is 511. The Labute approximate surface area is 114 Å². The summed E-state index contributed by atoms with van der Waals surface area (Å²) in [6.45, 7) is 7.63. The normalized spacial score (nSPS) is 21.8. The fourth-order valence-electron chi connectivity index (χ4n) is 2.51. The van der Waals surface area contributed by atoms with Gasteiger partial charge in [-0.25, -0.2) is 0 Å². The van der Waals surface area contributed by atoms with E-state index in [0.717, 1.165) is 30.8 Å². The van der Waals surface area contributed by atoms with Gasteiger partial charge in [0.25, 0.3) is 0 Å². The molecule has 1 aliphatic rings. The molecule has 0 bridgehead atoms. The molecule has 1 unspecified atom stereocenters. The van der Waals surface area contributed by atoms with Gasteiger partial charge in [0.15, 0.2) is 5.78 Å². The number of hydrogen-bond donors (Lipinski definition) is 0. The Morgan fingerprint density at radius 3 is 2.53 bits per heavy atom. The molecule has 0 N–H and O–H groups in total. The smallest absolute Gasteiger partial charge is 0.159 e. The maximum absolute atomic E-state index is 11.3. The number of piperidine rings is 1. The predicted octanol–water partition coefficient (Wildman–Crippen LogP) is 3.27. The number of nitrogens with zero attached hydrogens (tertiary/aromatic N) is 2.